The Bertz CT molecular complexity index is 312. The number of nitrogens with one attached hydrogen (secondary N) is 2. The molecule has 1 heterocycles. The second-order valence-corrected chi connectivity index (χ2v) is 4.61. The van der Waals surface area contributed by atoms with Gasteiger partial charge in [-0.3, -0.25) is 4.98 Å². The number of pyridine rings is 1. The third kappa shape index (κ3) is 5.57. The van der Waals surface area contributed by atoms with Crippen LogP contribution in [0.5, 0.6) is 0 Å². The second kappa shape index (κ2) is 7.93. The molecular formula is C14H25N3. The molecule has 0 saturated heterocycles. The van der Waals surface area contributed by atoms with Crippen molar-refractivity contribution in [2.24, 2.45) is 0 Å². The molecule has 1 unspecified atom stereocenters. The van der Waals surface area contributed by atoms with Gasteiger partial charge in [0.25, 0.3) is 0 Å². The monoisotopic (exact) mass is 235 g/mol. The Morgan fingerprint density at radius 1 is 1.18 bits per heavy atom. The van der Waals surface area contributed by atoms with E-state index in [0.717, 1.165) is 11.4 Å². The second-order valence-electron chi connectivity index (χ2n) is 4.61. The van der Waals surface area contributed by atoms with E-state index < -0.39 is 0 Å². The zero-order chi connectivity index (χ0) is 12.5. The smallest absolute Gasteiger partial charge is 0.0549 e. The Kier molecular flexibility index (Phi) is 6.45. The molecule has 0 bridgehead atoms. The minimum atomic E-state index is 0.515. The third-order valence-electron chi connectivity index (χ3n) is 2.93. The molecule has 0 amide bonds. The van der Waals surface area contributed by atoms with Crippen molar-refractivity contribution >= 4 is 11.4 Å². The molecule has 1 aromatic heterocycles. The first-order valence-corrected chi connectivity index (χ1v) is 6.65. The summed E-state index contributed by atoms with van der Waals surface area (Å²) in [6.45, 7) is 4.48. The first-order valence-electron chi connectivity index (χ1n) is 6.65. The van der Waals surface area contributed by atoms with Gasteiger partial charge in [-0.1, -0.05) is 32.6 Å². The minimum Gasteiger partial charge on any atom is -0.387 e. The van der Waals surface area contributed by atoms with Crippen molar-refractivity contribution in [1.29, 1.82) is 0 Å². The van der Waals surface area contributed by atoms with Gasteiger partial charge in [-0.15, -0.1) is 0 Å². The summed E-state index contributed by atoms with van der Waals surface area (Å²) in [6, 6.07) is 2.61. The van der Waals surface area contributed by atoms with Gasteiger partial charge in [0.15, 0.2) is 0 Å². The molecule has 0 aliphatic heterocycles. The molecule has 0 aromatic carbocycles. The Morgan fingerprint density at radius 3 is 2.65 bits per heavy atom. The maximum Gasteiger partial charge on any atom is 0.0549 e. The molecule has 0 aliphatic carbocycles. The van der Waals surface area contributed by atoms with Crippen LogP contribution in [0.1, 0.15) is 46.0 Å². The molecule has 0 radical (unpaired) electrons. The summed E-state index contributed by atoms with van der Waals surface area (Å²) >= 11 is 0. The minimum absolute atomic E-state index is 0.515. The predicted octanol–water partition coefficient (Wildman–Crippen LogP) is 3.89. The quantitative estimate of drug-likeness (QED) is 0.671. The fourth-order valence-electron chi connectivity index (χ4n) is 1.89. The van der Waals surface area contributed by atoms with Crippen LogP contribution < -0.4 is 10.6 Å². The Morgan fingerprint density at radius 2 is 1.94 bits per heavy atom. The zero-order valence-electron chi connectivity index (χ0n) is 11.3. The van der Waals surface area contributed by atoms with Crippen molar-refractivity contribution in [2.45, 2.75) is 52.0 Å². The van der Waals surface area contributed by atoms with Crippen molar-refractivity contribution in [3.63, 3.8) is 0 Å². The van der Waals surface area contributed by atoms with Gasteiger partial charge in [-0.25, -0.2) is 0 Å². The summed E-state index contributed by atoms with van der Waals surface area (Å²) in [5.41, 5.74) is 2.15. The number of aromatic nitrogens is 1. The third-order valence-corrected chi connectivity index (χ3v) is 2.93. The maximum atomic E-state index is 4.19. The van der Waals surface area contributed by atoms with Crippen LogP contribution in [0.4, 0.5) is 11.4 Å². The van der Waals surface area contributed by atoms with Crippen LogP contribution in [-0.4, -0.2) is 18.1 Å². The van der Waals surface area contributed by atoms with E-state index in [9.17, 15) is 0 Å². The highest BCUT2D eigenvalue weighted by Crippen LogP contribution is 2.15. The van der Waals surface area contributed by atoms with Gasteiger partial charge in [0.2, 0.25) is 0 Å². The summed E-state index contributed by atoms with van der Waals surface area (Å²) in [4.78, 5) is 4.19. The molecule has 0 fully saturated rings. The van der Waals surface area contributed by atoms with E-state index in [1.165, 1.54) is 32.1 Å². The topological polar surface area (TPSA) is 37.0 Å². The lowest BCUT2D eigenvalue weighted by atomic mass is 10.1. The standard InChI is InChI=1S/C14H25N3/c1-4-5-6-7-8-12(2)17-14-9-13(15-3)10-16-11-14/h9-12,15,17H,4-8H2,1-3H3. The fourth-order valence-corrected chi connectivity index (χ4v) is 1.89. The van der Waals surface area contributed by atoms with Crippen LogP contribution in [0, 0.1) is 0 Å². The molecule has 17 heavy (non-hydrogen) atoms. The van der Waals surface area contributed by atoms with Crippen molar-refractivity contribution in [3.8, 4) is 0 Å². The SMILES string of the molecule is CCCCCCC(C)Nc1cncc(NC)c1. The van der Waals surface area contributed by atoms with Gasteiger partial charge in [-0.05, 0) is 19.4 Å². The fraction of sp³-hybridized carbons (Fsp3) is 0.643. The van der Waals surface area contributed by atoms with Crippen LogP contribution in [0.25, 0.3) is 0 Å². The van der Waals surface area contributed by atoms with Gasteiger partial charge in [0.1, 0.15) is 0 Å². The van der Waals surface area contributed by atoms with E-state index in [4.69, 9.17) is 0 Å². The number of anilines is 2. The number of rotatable bonds is 8. The van der Waals surface area contributed by atoms with Gasteiger partial charge >= 0.3 is 0 Å². The zero-order valence-corrected chi connectivity index (χ0v) is 11.3. The summed E-state index contributed by atoms with van der Waals surface area (Å²) in [5.74, 6) is 0. The van der Waals surface area contributed by atoms with Crippen LogP contribution >= 0.6 is 0 Å². The van der Waals surface area contributed by atoms with Gasteiger partial charge in [0.05, 0.1) is 23.8 Å². The molecule has 1 aromatic rings. The first-order chi connectivity index (χ1) is 8.26. The molecular weight excluding hydrogens is 210 g/mol. The number of unbranched alkanes of at least 4 members (excludes halogenated alkanes) is 3. The summed E-state index contributed by atoms with van der Waals surface area (Å²) in [6.07, 6.45) is 10.2. The van der Waals surface area contributed by atoms with Crippen molar-refractivity contribution in [3.05, 3.63) is 18.5 Å². The van der Waals surface area contributed by atoms with Crippen molar-refractivity contribution < 1.29 is 0 Å². The molecule has 1 atom stereocenters. The Balaban J connectivity index is 2.31. The predicted molar refractivity (Wildman–Crippen MR) is 75.6 cm³/mol. The van der Waals surface area contributed by atoms with Crippen LogP contribution in [0.15, 0.2) is 18.5 Å². The van der Waals surface area contributed by atoms with Crippen molar-refractivity contribution in [1.82, 2.24) is 4.98 Å². The van der Waals surface area contributed by atoms with Crippen molar-refractivity contribution in [2.75, 3.05) is 17.7 Å². The lowest BCUT2D eigenvalue weighted by molar-refractivity contribution is 0.594. The average Bonchev–Trinajstić information content (AvgIpc) is 2.35. The molecule has 0 spiro atoms. The van der Waals surface area contributed by atoms with Gasteiger partial charge in [-0.2, -0.15) is 0 Å². The number of nitrogens with zero attached hydrogens (tertiary/aromatic N) is 1. The average molecular weight is 235 g/mol. The number of hydrogen-bond donors (Lipinski definition) is 2. The van der Waals surface area contributed by atoms with Crippen LogP contribution in [0.2, 0.25) is 0 Å². The summed E-state index contributed by atoms with van der Waals surface area (Å²) < 4.78 is 0. The lowest BCUT2D eigenvalue weighted by Gasteiger charge is -2.15. The first kappa shape index (κ1) is 13.8. The van der Waals surface area contributed by atoms with E-state index in [1.54, 1.807) is 0 Å². The molecule has 3 heteroatoms. The largest absolute Gasteiger partial charge is 0.387 e. The van der Waals surface area contributed by atoms with Crippen LogP contribution in [0.3, 0.4) is 0 Å². The van der Waals surface area contributed by atoms with E-state index >= 15 is 0 Å². The maximum absolute atomic E-state index is 4.19. The summed E-state index contributed by atoms with van der Waals surface area (Å²) in [7, 11) is 1.91. The molecule has 2 N–H and O–H groups in total. The molecule has 0 saturated carbocycles. The normalized spacial score (nSPS) is 12.2. The van der Waals surface area contributed by atoms with E-state index in [1.807, 2.05) is 19.4 Å². The highest BCUT2D eigenvalue weighted by atomic mass is 14.9. The van der Waals surface area contributed by atoms with Gasteiger partial charge < -0.3 is 10.6 Å². The lowest BCUT2D eigenvalue weighted by Crippen LogP contribution is -2.15. The highest BCUT2D eigenvalue weighted by molar-refractivity contribution is 5.53. The van der Waals surface area contributed by atoms with E-state index in [2.05, 4.69) is 35.5 Å². The molecule has 3 nitrogen and oxygen atoms in total. The Hall–Kier alpha value is -1.25. The van der Waals surface area contributed by atoms with Gasteiger partial charge in [0, 0.05) is 13.1 Å². The molecule has 0 aliphatic rings. The Labute approximate surface area is 105 Å². The van der Waals surface area contributed by atoms with Crippen LogP contribution in [-0.2, 0) is 0 Å². The summed E-state index contributed by atoms with van der Waals surface area (Å²) in [5, 5.41) is 6.59. The molecule has 96 valence electrons. The van der Waals surface area contributed by atoms with E-state index in [-0.39, 0.29) is 0 Å². The molecule has 1 rings (SSSR count). The highest BCUT2D eigenvalue weighted by Gasteiger charge is 2.02. The number of hydrogen-bond acceptors (Lipinski definition) is 3. The van der Waals surface area contributed by atoms with E-state index in [0.29, 0.717) is 6.04 Å².